The van der Waals surface area contributed by atoms with E-state index < -0.39 is 9.84 Å². The van der Waals surface area contributed by atoms with Crippen molar-refractivity contribution in [3.8, 4) is 0 Å². The standard InChI is InChI=1S/C11H8N4O2S/c16-18(17,8-4-2-1-3-5-8)11-9-10(13-6-12-9)14-7-15-11/h1-7H,(H,12,13,14,15). The molecule has 6 nitrogen and oxygen atoms in total. The number of hydrogen-bond donors (Lipinski definition) is 1. The van der Waals surface area contributed by atoms with Crippen LogP contribution in [0.15, 0.2) is 52.9 Å². The van der Waals surface area contributed by atoms with Crippen LogP contribution in [0.3, 0.4) is 0 Å². The van der Waals surface area contributed by atoms with Gasteiger partial charge in [-0.2, -0.15) is 0 Å². The predicted octanol–water partition coefficient (Wildman–Crippen LogP) is 1.19. The van der Waals surface area contributed by atoms with Crippen molar-refractivity contribution in [3.63, 3.8) is 0 Å². The summed E-state index contributed by atoms with van der Waals surface area (Å²) < 4.78 is 24.8. The van der Waals surface area contributed by atoms with Crippen molar-refractivity contribution < 1.29 is 8.42 Å². The molecule has 0 fully saturated rings. The molecular formula is C11H8N4O2S. The first-order chi connectivity index (χ1) is 8.69. The molecule has 1 aromatic carbocycles. The van der Waals surface area contributed by atoms with Crippen molar-refractivity contribution in [3.05, 3.63) is 43.0 Å². The van der Waals surface area contributed by atoms with Gasteiger partial charge in [-0.1, -0.05) is 18.2 Å². The summed E-state index contributed by atoms with van der Waals surface area (Å²) in [5, 5.41) is -0.0591. The van der Waals surface area contributed by atoms with Gasteiger partial charge >= 0.3 is 0 Å². The van der Waals surface area contributed by atoms with Gasteiger partial charge in [0.25, 0.3) is 0 Å². The molecule has 0 saturated heterocycles. The van der Waals surface area contributed by atoms with Gasteiger partial charge in [-0.05, 0) is 12.1 Å². The molecule has 0 aliphatic carbocycles. The van der Waals surface area contributed by atoms with Crippen molar-refractivity contribution in [1.29, 1.82) is 0 Å². The van der Waals surface area contributed by atoms with Gasteiger partial charge in [-0.25, -0.2) is 23.4 Å². The molecule has 2 heterocycles. The van der Waals surface area contributed by atoms with E-state index >= 15 is 0 Å². The monoisotopic (exact) mass is 260 g/mol. The molecule has 0 saturated carbocycles. The Morgan fingerprint density at radius 1 is 1.00 bits per heavy atom. The molecule has 18 heavy (non-hydrogen) atoms. The maximum Gasteiger partial charge on any atom is 0.226 e. The molecule has 7 heteroatoms. The number of fused-ring (bicyclic) bond motifs is 1. The zero-order valence-electron chi connectivity index (χ0n) is 9.11. The molecule has 0 unspecified atom stereocenters. The topological polar surface area (TPSA) is 88.6 Å². The summed E-state index contributed by atoms with van der Waals surface area (Å²) in [5.41, 5.74) is 0.654. The third-order valence-corrected chi connectivity index (χ3v) is 4.21. The minimum atomic E-state index is -3.66. The molecule has 0 spiro atoms. The fourth-order valence-electron chi connectivity index (χ4n) is 1.66. The zero-order valence-corrected chi connectivity index (χ0v) is 9.92. The van der Waals surface area contributed by atoms with Gasteiger partial charge in [0, 0.05) is 0 Å². The summed E-state index contributed by atoms with van der Waals surface area (Å²) in [4.78, 5) is 14.6. The molecule has 0 bridgehead atoms. The molecule has 0 radical (unpaired) electrons. The Labute approximate surface area is 103 Å². The lowest BCUT2D eigenvalue weighted by Gasteiger charge is -2.03. The second kappa shape index (κ2) is 3.88. The van der Waals surface area contributed by atoms with Crippen LogP contribution in [0.2, 0.25) is 0 Å². The molecule has 3 rings (SSSR count). The minimum Gasteiger partial charge on any atom is -0.341 e. The summed E-state index contributed by atoms with van der Waals surface area (Å²) in [6.45, 7) is 0. The Balaban J connectivity index is 2.30. The maximum absolute atomic E-state index is 12.4. The highest BCUT2D eigenvalue weighted by atomic mass is 32.2. The van der Waals surface area contributed by atoms with E-state index in [-0.39, 0.29) is 9.92 Å². The lowest BCUT2D eigenvalue weighted by molar-refractivity contribution is 0.593. The van der Waals surface area contributed by atoms with Crippen LogP contribution in [-0.4, -0.2) is 28.4 Å². The van der Waals surface area contributed by atoms with Crippen LogP contribution in [-0.2, 0) is 9.84 Å². The van der Waals surface area contributed by atoms with E-state index in [1.807, 2.05) is 0 Å². The van der Waals surface area contributed by atoms with Gasteiger partial charge in [-0.15, -0.1) is 0 Å². The third-order valence-electron chi connectivity index (χ3n) is 2.50. The fourth-order valence-corrected chi connectivity index (χ4v) is 3.00. The summed E-state index contributed by atoms with van der Waals surface area (Å²) >= 11 is 0. The largest absolute Gasteiger partial charge is 0.341 e. The molecule has 0 aliphatic heterocycles. The fraction of sp³-hybridized carbons (Fsp3) is 0. The van der Waals surface area contributed by atoms with E-state index in [2.05, 4.69) is 19.9 Å². The molecule has 2 aromatic heterocycles. The second-order valence-corrected chi connectivity index (χ2v) is 5.46. The third kappa shape index (κ3) is 1.56. The predicted molar refractivity (Wildman–Crippen MR) is 63.6 cm³/mol. The maximum atomic E-state index is 12.4. The molecule has 90 valence electrons. The Kier molecular flexibility index (Phi) is 2.34. The van der Waals surface area contributed by atoms with Crippen LogP contribution in [0, 0.1) is 0 Å². The number of imidazole rings is 1. The number of aromatic amines is 1. The molecule has 0 atom stereocenters. The summed E-state index contributed by atoms with van der Waals surface area (Å²) in [7, 11) is -3.66. The molecule has 3 aromatic rings. The number of nitrogens with zero attached hydrogens (tertiary/aromatic N) is 3. The quantitative estimate of drug-likeness (QED) is 0.699. The number of H-pyrrole nitrogens is 1. The van der Waals surface area contributed by atoms with Gasteiger partial charge in [0.15, 0.2) is 10.7 Å². The van der Waals surface area contributed by atoms with E-state index in [0.29, 0.717) is 11.2 Å². The van der Waals surface area contributed by atoms with E-state index in [1.165, 1.54) is 24.8 Å². The van der Waals surface area contributed by atoms with Crippen LogP contribution in [0.25, 0.3) is 11.2 Å². The molecular weight excluding hydrogens is 252 g/mol. The van der Waals surface area contributed by atoms with Crippen molar-refractivity contribution in [1.82, 2.24) is 19.9 Å². The molecule has 1 N–H and O–H groups in total. The lowest BCUT2D eigenvalue weighted by atomic mass is 10.4. The van der Waals surface area contributed by atoms with Crippen molar-refractivity contribution in [2.75, 3.05) is 0 Å². The number of benzene rings is 1. The van der Waals surface area contributed by atoms with Gasteiger partial charge in [0.05, 0.1) is 11.2 Å². The zero-order chi connectivity index (χ0) is 12.6. The van der Waals surface area contributed by atoms with Crippen LogP contribution in [0.4, 0.5) is 0 Å². The first kappa shape index (κ1) is 10.8. The highest BCUT2D eigenvalue weighted by molar-refractivity contribution is 7.91. The number of aromatic nitrogens is 4. The van der Waals surface area contributed by atoms with E-state index in [4.69, 9.17) is 0 Å². The first-order valence-electron chi connectivity index (χ1n) is 5.14. The first-order valence-corrected chi connectivity index (χ1v) is 6.62. The highest BCUT2D eigenvalue weighted by Gasteiger charge is 2.23. The second-order valence-electron chi connectivity index (χ2n) is 3.60. The number of rotatable bonds is 2. The van der Waals surface area contributed by atoms with Crippen LogP contribution in [0.5, 0.6) is 0 Å². The van der Waals surface area contributed by atoms with E-state index in [9.17, 15) is 8.42 Å². The summed E-state index contributed by atoms with van der Waals surface area (Å²) in [6, 6.07) is 8.14. The highest BCUT2D eigenvalue weighted by Crippen LogP contribution is 2.22. The van der Waals surface area contributed by atoms with Crippen LogP contribution < -0.4 is 0 Å². The Morgan fingerprint density at radius 2 is 1.78 bits per heavy atom. The SMILES string of the molecule is O=S(=O)(c1ccccc1)c1ncnc2nc[nH]c12. The Morgan fingerprint density at radius 3 is 2.56 bits per heavy atom. The van der Waals surface area contributed by atoms with Gasteiger partial charge in [0.1, 0.15) is 11.8 Å². The van der Waals surface area contributed by atoms with Crippen molar-refractivity contribution in [2.45, 2.75) is 9.92 Å². The number of sulfone groups is 1. The van der Waals surface area contributed by atoms with Gasteiger partial charge < -0.3 is 4.98 Å². The average molecular weight is 260 g/mol. The van der Waals surface area contributed by atoms with E-state index in [0.717, 1.165) is 0 Å². The van der Waals surface area contributed by atoms with Gasteiger partial charge in [-0.3, -0.25) is 0 Å². The smallest absolute Gasteiger partial charge is 0.226 e. The van der Waals surface area contributed by atoms with E-state index in [1.54, 1.807) is 18.2 Å². The molecule has 0 aliphatic rings. The van der Waals surface area contributed by atoms with Crippen molar-refractivity contribution in [2.24, 2.45) is 0 Å². The van der Waals surface area contributed by atoms with Crippen LogP contribution in [0.1, 0.15) is 0 Å². The average Bonchev–Trinajstić information content (AvgIpc) is 2.87. The number of nitrogens with one attached hydrogen (secondary N) is 1. The number of hydrogen-bond acceptors (Lipinski definition) is 5. The minimum absolute atomic E-state index is 0.0591. The Bertz CT molecular complexity index is 796. The normalized spacial score (nSPS) is 11.8. The summed E-state index contributed by atoms with van der Waals surface area (Å²) in [6.07, 6.45) is 2.59. The van der Waals surface area contributed by atoms with Crippen LogP contribution >= 0.6 is 0 Å². The lowest BCUT2D eigenvalue weighted by Crippen LogP contribution is -2.05. The van der Waals surface area contributed by atoms with Crippen molar-refractivity contribution >= 4 is 21.0 Å². The Hall–Kier alpha value is -2.28. The summed E-state index contributed by atoms with van der Waals surface area (Å²) in [5.74, 6) is 0. The molecule has 0 amide bonds. The van der Waals surface area contributed by atoms with Gasteiger partial charge in [0.2, 0.25) is 9.84 Å².